The second-order valence-corrected chi connectivity index (χ2v) is 6.11. The Bertz CT molecular complexity index is 932. The highest BCUT2D eigenvalue weighted by Crippen LogP contribution is 2.25. The summed E-state index contributed by atoms with van der Waals surface area (Å²) in [5, 5.41) is 15.9. The molecule has 132 valence electrons. The van der Waals surface area contributed by atoms with Gasteiger partial charge in [0, 0.05) is 33.3 Å². The second-order valence-electron chi connectivity index (χ2n) is 5.30. The van der Waals surface area contributed by atoms with Crippen LogP contribution in [-0.2, 0) is 6.54 Å². The first-order valence-electron chi connectivity index (χ1n) is 7.58. The number of halogens is 2. The lowest BCUT2D eigenvalue weighted by Gasteiger charge is -2.05. The fourth-order valence-corrected chi connectivity index (χ4v) is 2.79. The fourth-order valence-electron chi connectivity index (χ4n) is 2.26. The summed E-state index contributed by atoms with van der Waals surface area (Å²) in [4.78, 5) is 10.2. The first-order valence-corrected chi connectivity index (χ1v) is 8.33. The molecule has 0 saturated heterocycles. The number of non-ortho nitro benzene ring substituents is 1. The number of hydrogen-bond donors (Lipinski definition) is 1. The zero-order valence-electron chi connectivity index (χ0n) is 13.4. The molecule has 0 fully saturated rings. The van der Waals surface area contributed by atoms with Crippen LogP contribution in [0.5, 0.6) is 0 Å². The number of rotatable bonds is 6. The number of nitro benzene ring substituents is 1. The van der Waals surface area contributed by atoms with Crippen molar-refractivity contribution in [1.29, 1.82) is 0 Å². The fraction of sp³-hybridized carbons (Fsp3) is 0.0556. The highest BCUT2D eigenvalue weighted by molar-refractivity contribution is 6.35. The Hall–Kier alpha value is -2.83. The van der Waals surface area contributed by atoms with Gasteiger partial charge >= 0.3 is 0 Å². The average Bonchev–Trinajstić information content (AvgIpc) is 3.09. The Kier molecular flexibility index (Phi) is 5.55. The van der Waals surface area contributed by atoms with E-state index in [0.29, 0.717) is 28.1 Å². The van der Waals surface area contributed by atoms with Gasteiger partial charge in [0.2, 0.25) is 0 Å². The van der Waals surface area contributed by atoms with Gasteiger partial charge in [-0.25, -0.2) is 0 Å². The third-order valence-corrected chi connectivity index (χ3v) is 4.30. The van der Waals surface area contributed by atoms with Crippen LogP contribution in [0, 0.1) is 10.1 Å². The molecule has 0 bridgehead atoms. The molecule has 1 aromatic heterocycles. The van der Waals surface area contributed by atoms with Crippen LogP contribution in [0.25, 0.3) is 11.3 Å². The van der Waals surface area contributed by atoms with Crippen LogP contribution in [-0.4, -0.2) is 11.1 Å². The summed E-state index contributed by atoms with van der Waals surface area (Å²) < 4.78 is 5.66. The molecule has 0 atom stereocenters. The van der Waals surface area contributed by atoms with Gasteiger partial charge in [-0.15, -0.1) is 0 Å². The van der Waals surface area contributed by atoms with E-state index in [-0.39, 0.29) is 5.69 Å². The molecule has 0 aliphatic rings. The molecule has 26 heavy (non-hydrogen) atoms. The summed E-state index contributed by atoms with van der Waals surface area (Å²) in [6.07, 6.45) is 1.53. The maximum absolute atomic E-state index is 10.7. The van der Waals surface area contributed by atoms with Crippen molar-refractivity contribution < 1.29 is 9.34 Å². The molecule has 1 N–H and O–H groups in total. The van der Waals surface area contributed by atoms with Gasteiger partial charge in [0.05, 0.1) is 17.7 Å². The molecule has 0 unspecified atom stereocenters. The number of benzene rings is 2. The Morgan fingerprint density at radius 2 is 1.77 bits per heavy atom. The third kappa shape index (κ3) is 4.22. The minimum atomic E-state index is -0.444. The first-order chi connectivity index (χ1) is 12.5. The maximum atomic E-state index is 10.7. The van der Waals surface area contributed by atoms with Crippen LogP contribution in [0.15, 0.2) is 64.1 Å². The minimum absolute atomic E-state index is 0.0320. The van der Waals surface area contributed by atoms with Crippen molar-refractivity contribution in [2.24, 2.45) is 5.10 Å². The third-order valence-electron chi connectivity index (χ3n) is 3.59. The molecule has 3 rings (SSSR count). The van der Waals surface area contributed by atoms with E-state index in [1.807, 2.05) is 0 Å². The zero-order chi connectivity index (χ0) is 18.5. The average molecular weight is 390 g/mol. The molecule has 1 heterocycles. The van der Waals surface area contributed by atoms with Gasteiger partial charge < -0.3 is 9.84 Å². The molecule has 3 aromatic rings. The van der Waals surface area contributed by atoms with Crippen molar-refractivity contribution in [1.82, 2.24) is 5.43 Å². The van der Waals surface area contributed by atoms with E-state index in [1.54, 1.807) is 42.5 Å². The van der Waals surface area contributed by atoms with Gasteiger partial charge in [-0.3, -0.25) is 10.1 Å². The summed E-state index contributed by atoms with van der Waals surface area (Å²) >= 11 is 12.2. The van der Waals surface area contributed by atoms with Crippen LogP contribution in [0.1, 0.15) is 11.3 Å². The van der Waals surface area contributed by atoms with Crippen molar-refractivity contribution in [2.75, 3.05) is 0 Å². The summed E-state index contributed by atoms with van der Waals surface area (Å²) in [5.41, 5.74) is 4.40. The van der Waals surface area contributed by atoms with Crippen molar-refractivity contribution in [3.05, 3.63) is 86.1 Å². The monoisotopic (exact) mass is 389 g/mol. The Balaban J connectivity index is 1.63. The number of nitrogens with zero attached hydrogens (tertiary/aromatic N) is 2. The van der Waals surface area contributed by atoms with E-state index in [2.05, 4.69) is 10.5 Å². The van der Waals surface area contributed by atoms with Crippen molar-refractivity contribution in [3.63, 3.8) is 0 Å². The summed E-state index contributed by atoms with van der Waals surface area (Å²) in [6.45, 7) is 0.380. The molecule has 0 radical (unpaired) electrons. The molecule has 0 saturated carbocycles. The molecule has 6 nitrogen and oxygen atoms in total. The first kappa shape index (κ1) is 18.0. The van der Waals surface area contributed by atoms with Gasteiger partial charge in [-0.1, -0.05) is 29.3 Å². The molecule has 0 aliphatic heterocycles. The van der Waals surface area contributed by atoms with E-state index >= 15 is 0 Å². The highest BCUT2D eigenvalue weighted by atomic mass is 35.5. The molecule has 2 aromatic carbocycles. The zero-order valence-corrected chi connectivity index (χ0v) is 14.9. The molecule has 0 amide bonds. The van der Waals surface area contributed by atoms with E-state index in [0.717, 1.165) is 11.1 Å². The predicted molar refractivity (Wildman–Crippen MR) is 102 cm³/mol. The van der Waals surface area contributed by atoms with Gasteiger partial charge in [0.25, 0.3) is 5.69 Å². The lowest BCUT2D eigenvalue weighted by Crippen LogP contribution is -2.06. The molecule has 8 heteroatoms. The highest BCUT2D eigenvalue weighted by Gasteiger charge is 2.08. The van der Waals surface area contributed by atoms with E-state index in [9.17, 15) is 10.1 Å². The van der Waals surface area contributed by atoms with Crippen LogP contribution in [0.4, 0.5) is 5.69 Å². The van der Waals surface area contributed by atoms with Crippen molar-refractivity contribution in [3.8, 4) is 11.3 Å². The summed E-state index contributed by atoms with van der Waals surface area (Å²) in [6, 6.07) is 15.0. The lowest BCUT2D eigenvalue weighted by atomic mass is 10.1. The Labute approximate surface area is 159 Å². The smallest absolute Gasteiger partial charge is 0.269 e. The Morgan fingerprint density at radius 1 is 1.08 bits per heavy atom. The number of nitro groups is 1. The number of hydrazone groups is 1. The number of nitrogens with one attached hydrogen (secondary N) is 1. The molecule has 0 spiro atoms. The minimum Gasteiger partial charge on any atom is -0.455 e. The molecular formula is C18H13Cl2N3O3. The summed E-state index contributed by atoms with van der Waals surface area (Å²) in [5.74, 6) is 1.13. The lowest BCUT2D eigenvalue weighted by molar-refractivity contribution is -0.384. The SMILES string of the molecule is O=[N+]([O-])c1ccc(-c2ccc(/C=N/NCc3c(Cl)cccc3Cl)o2)cc1. The number of furan rings is 1. The van der Waals surface area contributed by atoms with E-state index < -0.39 is 4.92 Å². The van der Waals surface area contributed by atoms with Gasteiger partial charge in [-0.05, 0) is 36.4 Å². The van der Waals surface area contributed by atoms with Gasteiger partial charge in [-0.2, -0.15) is 5.10 Å². The van der Waals surface area contributed by atoms with Crippen LogP contribution in [0.3, 0.4) is 0 Å². The van der Waals surface area contributed by atoms with Gasteiger partial charge in [0.15, 0.2) is 0 Å². The normalized spacial score (nSPS) is 11.0. The second kappa shape index (κ2) is 8.03. The quantitative estimate of drug-likeness (QED) is 0.353. The van der Waals surface area contributed by atoms with Gasteiger partial charge in [0.1, 0.15) is 11.5 Å². The standard InChI is InChI=1S/C18H13Cl2N3O3/c19-16-2-1-3-17(20)15(16)11-22-21-10-14-8-9-18(26-14)12-4-6-13(7-5-12)23(24)25/h1-10,22H,11H2/b21-10+. The molecule has 0 aliphatic carbocycles. The van der Waals surface area contributed by atoms with Crippen molar-refractivity contribution in [2.45, 2.75) is 6.54 Å². The number of hydrogen-bond acceptors (Lipinski definition) is 5. The topological polar surface area (TPSA) is 80.7 Å². The molecular weight excluding hydrogens is 377 g/mol. The van der Waals surface area contributed by atoms with Crippen LogP contribution >= 0.6 is 23.2 Å². The Morgan fingerprint density at radius 3 is 2.42 bits per heavy atom. The largest absolute Gasteiger partial charge is 0.455 e. The van der Waals surface area contributed by atoms with Crippen molar-refractivity contribution >= 4 is 35.1 Å². The summed E-state index contributed by atoms with van der Waals surface area (Å²) in [7, 11) is 0. The van der Waals surface area contributed by atoms with Crippen LogP contribution < -0.4 is 5.43 Å². The van der Waals surface area contributed by atoms with E-state index in [4.69, 9.17) is 27.6 Å². The van der Waals surface area contributed by atoms with Crippen LogP contribution in [0.2, 0.25) is 10.0 Å². The maximum Gasteiger partial charge on any atom is 0.269 e. The van der Waals surface area contributed by atoms with E-state index in [1.165, 1.54) is 18.3 Å². The predicted octanol–water partition coefficient (Wildman–Crippen LogP) is 5.29.